The molecule has 0 bridgehead atoms. The van der Waals surface area contributed by atoms with Gasteiger partial charge in [0.15, 0.2) is 0 Å². The van der Waals surface area contributed by atoms with Gasteiger partial charge in [0.1, 0.15) is 18.4 Å². The van der Waals surface area contributed by atoms with Gasteiger partial charge in [-0.2, -0.15) is 0 Å². The highest BCUT2D eigenvalue weighted by atomic mass is 16.6. The summed E-state index contributed by atoms with van der Waals surface area (Å²) in [5, 5.41) is 4.21. The quantitative estimate of drug-likeness (QED) is 0.331. The van der Waals surface area contributed by atoms with E-state index in [0.29, 0.717) is 18.6 Å². The Morgan fingerprint density at radius 3 is 2.64 bits per heavy atom. The van der Waals surface area contributed by atoms with Gasteiger partial charge in [0.2, 0.25) is 0 Å². The predicted molar refractivity (Wildman–Crippen MR) is 126 cm³/mol. The Hall–Kier alpha value is -3.90. The summed E-state index contributed by atoms with van der Waals surface area (Å²) in [6.45, 7) is 1.07. The van der Waals surface area contributed by atoms with Gasteiger partial charge in [-0.3, -0.25) is 0 Å². The molecule has 1 fully saturated rings. The van der Waals surface area contributed by atoms with Crippen molar-refractivity contribution in [3.05, 3.63) is 90.1 Å². The third kappa shape index (κ3) is 4.66. The van der Waals surface area contributed by atoms with Crippen LogP contribution in [0.2, 0.25) is 0 Å². The highest BCUT2D eigenvalue weighted by Crippen LogP contribution is 2.29. The average Bonchev–Trinajstić information content (AvgIpc) is 3.55. The number of benzene rings is 3. The lowest BCUT2D eigenvalue weighted by atomic mass is 10.0. The molecule has 0 radical (unpaired) electrons. The molecule has 6 nitrogen and oxygen atoms in total. The van der Waals surface area contributed by atoms with Crippen LogP contribution in [0.5, 0.6) is 5.75 Å². The number of esters is 2. The fraction of sp³-hybridized carbons (Fsp3) is 0.185. The maximum Gasteiger partial charge on any atom is 0.345 e. The molecule has 0 aliphatic carbocycles. The van der Waals surface area contributed by atoms with Crippen molar-refractivity contribution >= 4 is 22.8 Å². The van der Waals surface area contributed by atoms with E-state index in [0.717, 1.165) is 40.9 Å². The molecule has 1 aromatic heterocycles. The van der Waals surface area contributed by atoms with Crippen LogP contribution < -0.4 is 10.1 Å². The van der Waals surface area contributed by atoms with Gasteiger partial charge in [0.05, 0.1) is 5.56 Å². The minimum absolute atomic E-state index is 0.298. The molecule has 166 valence electrons. The Balaban J connectivity index is 1.22. The van der Waals surface area contributed by atoms with Crippen molar-refractivity contribution in [2.75, 3.05) is 6.54 Å². The molecule has 1 aliphatic rings. The molecule has 0 amide bonds. The number of fused-ring (bicyclic) bond motifs is 1. The molecule has 1 atom stereocenters. The fourth-order valence-corrected chi connectivity index (χ4v) is 4.13. The van der Waals surface area contributed by atoms with E-state index in [1.807, 2.05) is 42.6 Å². The molecule has 1 saturated heterocycles. The maximum absolute atomic E-state index is 12.4. The fourth-order valence-electron chi connectivity index (χ4n) is 4.13. The zero-order valence-corrected chi connectivity index (χ0v) is 18.0. The molecule has 3 aromatic carbocycles. The van der Waals surface area contributed by atoms with Gasteiger partial charge in [-0.25, -0.2) is 9.59 Å². The number of hydrogen-bond acceptors (Lipinski definition) is 5. The molecule has 33 heavy (non-hydrogen) atoms. The monoisotopic (exact) mass is 440 g/mol. The molecule has 0 saturated carbocycles. The van der Waals surface area contributed by atoms with Crippen molar-refractivity contribution < 1.29 is 19.1 Å². The van der Waals surface area contributed by atoms with E-state index in [1.54, 1.807) is 18.2 Å². The molecule has 4 aromatic rings. The van der Waals surface area contributed by atoms with Crippen molar-refractivity contribution in [3.8, 4) is 16.9 Å². The highest BCUT2D eigenvalue weighted by Gasteiger charge is 2.26. The average molecular weight is 440 g/mol. The standard InChI is InChI=1S/C27H24N2O4/c30-26(33-27(31)25-8-3-14-28-25)20-5-1-4-18(16-20)17-32-21-11-9-19(10-12-21)22-6-2-7-24-23(22)13-15-29-24/h1-2,4-7,9-13,15-16,25,28-29H,3,8,14,17H2/t25-/m0/s1. The van der Waals surface area contributed by atoms with E-state index >= 15 is 0 Å². The summed E-state index contributed by atoms with van der Waals surface area (Å²) < 4.78 is 11.0. The molecule has 5 rings (SSSR count). The topological polar surface area (TPSA) is 80.4 Å². The van der Waals surface area contributed by atoms with Crippen LogP contribution in [0.15, 0.2) is 79.0 Å². The van der Waals surface area contributed by atoms with Crippen LogP contribution in [0.1, 0.15) is 28.8 Å². The number of rotatable bonds is 6. The van der Waals surface area contributed by atoms with Crippen LogP contribution in [0, 0.1) is 0 Å². The van der Waals surface area contributed by atoms with Crippen LogP contribution in [0.4, 0.5) is 0 Å². The summed E-state index contributed by atoms with van der Waals surface area (Å²) >= 11 is 0. The number of nitrogens with one attached hydrogen (secondary N) is 2. The van der Waals surface area contributed by atoms with Gasteiger partial charge in [-0.15, -0.1) is 0 Å². The van der Waals surface area contributed by atoms with Crippen LogP contribution >= 0.6 is 0 Å². The molecule has 0 spiro atoms. The van der Waals surface area contributed by atoms with E-state index in [4.69, 9.17) is 9.47 Å². The lowest BCUT2D eigenvalue weighted by Gasteiger charge is -2.10. The summed E-state index contributed by atoms with van der Waals surface area (Å²) in [6, 6.07) is 22.8. The van der Waals surface area contributed by atoms with Crippen molar-refractivity contribution in [1.82, 2.24) is 10.3 Å². The van der Waals surface area contributed by atoms with Gasteiger partial charge < -0.3 is 19.8 Å². The van der Waals surface area contributed by atoms with E-state index in [-0.39, 0.29) is 0 Å². The molecule has 1 aliphatic heterocycles. The first kappa shape index (κ1) is 21.0. The van der Waals surface area contributed by atoms with Crippen LogP contribution in [-0.2, 0) is 16.1 Å². The number of carbonyl (C=O) groups is 2. The SMILES string of the molecule is O=C(OC(=O)[C@@H]1CCCN1)c1cccc(COc2ccc(-c3cccc4[nH]ccc34)cc2)c1. The first-order valence-electron chi connectivity index (χ1n) is 11.0. The minimum Gasteiger partial charge on any atom is -0.489 e. The Bertz CT molecular complexity index is 1290. The van der Waals surface area contributed by atoms with E-state index < -0.39 is 18.0 Å². The first-order chi connectivity index (χ1) is 16.2. The number of hydrogen-bond donors (Lipinski definition) is 2. The summed E-state index contributed by atoms with van der Waals surface area (Å²) in [4.78, 5) is 27.7. The molecular weight excluding hydrogens is 416 g/mol. The smallest absolute Gasteiger partial charge is 0.345 e. The van der Waals surface area contributed by atoms with E-state index in [1.165, 1.54) is 5.39 Å². The molecule has 2 N–H and O–H groups in total. The second-order valence-electron chi connectivity index (χ2n) is 8.12. The summed E-state index contributed by atoms with van der Waals surface area (Å²) in [5.74, 6) is -0.427. The van der Waals surface area contributed by atoms with Crippen LogP contribution in [-0.4, -0.2) is 29.5 Å². The summed E-state index contributed by atoms with van der Waals surface area (Å²) in [5.41, 5.74) is 4.52. The predicted octanol–water partition coefficient (Wildman–Crippen LogP) is 4.85. The minimum atomic E-state index is -0.640. The number of aromatic amines is 1. The Morgan fingerprint density at radius 1 is 0.970 bits per heavy atom. The molecular formula is C27H24N2O4. The van der Waals surface area contributed by atoms with Crippen LogP contribution in [0.25, 0.3) is 22.0 Å². The van der Waals surface area contributed by atoms with Crippen LogP contribution in [0.3, 0.4) is 0 Å². The maximum atomic E-state index is 12.4. The number of aromatic nitrogens is 1. The van der Waals surface area contributed by atoms with Gasteiger partial charge in [-0.05, 0) is 72.5 Å². The second kappa shape index (κ2) is 9.30. The Labute approximate surface area is 191 Å². The third-order valence-corrected chi connectivity index (χ3v) is 5.87. The number of carbonyl (C=O) groups excluding carboxylic acids is 2. The molecule has 0 unspecified atom stereocenters. The Kier molecular flexibility index (Phi) is 5.91. The lowest BCUT2D eigenvalue weighted by Crippen LogP contribution is -2.33. The highest BCUT2D eigenvalue weighted by molar-refractivity contribution is 5.98. The van der Waals surface area contributed by atoms with Gasteiger partial charge in [0, 0.05) is 17.1 Å². The summed E-state index contributed by atoms with van der Waals surface area (Å²) in [7, 11) is 0. The van der Waals surface area contributed by atoms with Gasteiger partial charge in [0.25, 0.3) is 0 Å². The van der Waals surface area contributed by atoms with E-state index in [9.17, 15) is 9.59 Å². The normalized spacial score (nSPS) is 15.5. The third-order valence-electron chi connectivity index (χ3n) is 5.87. The van der Waals surface area contributed by atoms with Gasteiger partial charge >= 0.3 is 11.9 Å². The Morgan fingerprint density at radius 2 is 1.82 bits per heavy atom. The van der Waals surface area contributed by atoms with Gasteiger partial charge in [-0.1, -0.05) is 36.4 Å². The van der Waals surface area contributed by atoms with Crippen molar-refractivity contribution in [2.45, 2.75) is 25.5 Å². The summed E-state index contributed by atoms with van der Waals surface area (Å²) in [6.07, 6.45) is 3.54. The molecule has 6 heteroatoms. The van der Waals surface area contributed by atoms with E-state index in [2.05, 4.69) is 28.5 Å². The van der Waals surface area contributed by atoms with Crippen molar-refractivity contribution in [3.63, 3.8) is 0 Å². The molecule has 2 heterocycles. The zero-order valence-electron chi connectivity index (χ0n) is 18.0. The van der Waals surface area contributed by atoms with Crippen molar-refractivity contribution in [1.29, 1.82) is 0 Å². The van der Waals surface area contributed by atoms with Crippen molar-refractivity contribution in [2.24, 2.45) is 0 Å². The zero-order chi connectivity index (χ0) is 22.6. The number of ether oxygens (including phenoxy) is 2. The lowest BCUT2D eigenvalue weighted by molar-refractivity contribution is -0.139. The number of H-pyrrole nitrogens is 1. The second-order valence-corrected chi connectivity index (χ2v) is 8.12. The largest absolute Gasteiger partial charge is 0.489 e. The first-order valence-corrected chi connectivity index (χ1v) is 11.0.